The number of aliphatic carboxylic acids is 1. The number of carbonyl (C=O) groups excluding carboxylic acids is 1. The number of urea groups is 1. The van der Waals surface area contributed by atoms with Gasteiger partial charge in [-0.1, -0.05) is 13.0 Å². The lowest BCUT2D eigenvalue weighted by atomic mass is 9.77. The lowest BCUT2D eigenvalue weighted by molar-refractivity contribution is -0.146. The van der Waals surface area contributed by atoms with E-state index in [4.69, 9.17) is 0 Å². The van der Waals surface area contributed by atoms with Gasteiger partial charge in [0, 0.05) is 5.69 Å². The van der Waals surface area contributed by atoms with Crippen molar-refractivity contribution in [2.75, 3.05) is 5.32 Å². The van der Waals surface area contributed by atoms with Gasteiger partial charge in [0.1, 0.15) is 11.4 Å². The lowest BCUT2D eigenvalue weighted by Crippen LogP contribution is -2.57. The predicted molar refractivity (Wildman–Crippen MR) is 76.6 cm³/mol. The fourth-order valence-electron chi connectivity index (χ4n) is 2.59. The first-order valence-corrected chi connectivity index (χ1v) is 6.99. The maximum atomic E-state index is 13.1. The molecule has 2 rings (SSSR count). The number of hydrogen-bond acceptors (Lipinski definition) is 2. The van der Waals surface area contributed by atoms with Crippen LogP contribution >= 0.6 is 0 Å². The topological polar surface area (TPSA) is 78.4 Å². The van der Waals surface area contributed by atoms with Crippen LogP contribution < -0.4 is 10.6 Å². The van der Waals surface area contributed by atoms with Crippen molar-refractivity contribution in [1.29, 1.82) is 0 Å². The van der Waals surface area contributed by atoms with Crippen LogP contribution in [-0.2, 0) is 4.79 Å². The van der Waals surface area contributed by atoms with Gasteiger partial charge in [0.15, 0.2) is 0 Å². The molecule has 0 heterocycles. The number of anilines is 1. The van der Waals surface area contributed by atoms with Crippen molar-refractivity contribution < 1.29 is 19.1 Å². The third-order valence-electron chi connectivity index (χ3n) is 3.97. The fourth-order valence-corrected chi connectivity index (χ4v) is 2.59. The molecule has 0 aromatic heterocycles. The molecule has 21 heavy (non-hydrogen) atoms. The third kappa shape index (κ3) is 3.71. The molecule has 114 valence electrons. The van der Waals surface area contributed by atoms with Crippen molar-refractivity contribution in [3.63, 3.8) is 0 Å². The number of carboxylic acids is 1. The van der Waals surface area contributed by atoms with Crippen molar-refractivity contribution in [1.82, 2.24) is 5.32 Å². The zero-order valence-corrected chi connectivity index (χ0v) is 11.9. The number of carbonyl (C=O) groups is 2. The first kappa shape index (κ1) is 15.3. The smallest absolute Gasteiger partial charge is 0.329 e. The van der Waals surface area contributed by atoms with Gasteiger partial charge in [-0.05, 0) is 49.8 Å². The average Bonchev–Trinajstić information content (AvgIpc) is 2.41. The Morgan fingerprint density at radius 2 is 2.00 bits per heavy atom. The van der Waals surface area contributed by atoms with Crippen LogP contribution in [0.15, 0.2) is 24.3 Å². The summed E-state index contributed by atoms with van der Waals surface area (Å²) in [6, 6.07) is 4.83. The van der Waals surface area contributed by atoms with Gasteiger partial charge in [-0.25, -0.2) is 14.0 Å². The van der Waals surface area contributed by atoms with Crippen molar-refractivity contribution in [3.05, 3.63) is 30.1 Å². The van der Waals surface area contributed by atoms with Gasteiger partial charge in [0.05, 0.1) is 0 Å². The van der Waals surface area contributed by atoms with E-state index >= 15 is 0 Å². The number of nitrogens with one attached hydrogen (secondary N) is 2. The molecule has 1 saturated carbocycles. The quantitative estimate of drug-likeness (QED) is 0.802. The maximum Gasteiger partial charge on any atom is 0.329 e. The molecule has 0 radical (unpaired) electrons. The molecule has 1 aromatic carbocycles. The zero-order chi connectivity index (χ0) is 15.5. The first-order chi connectivity index (χ1) is 9.91. The molecule has 0 saturated heterocycles. The molecule has 0 unspecified atom stereocenters. The molecule has 1 aliphatic carbocycles. The van der Waals surface area contributed by atoms with Gasteiger partial charge < -0.3 is 15.7 Å². The van der Waals surface area contributed by atoms with Gasteiger partial charge >= 0.3 is 12.0 Å². The van der Waals surface area contributed by atoms with Crippen LogP contribution in [0.5, 0.6) is 0 Å². The maximum absolute atomic E-state index is 13.1. The van der Waals surface area contributed by atoms with Crippen LogP contribution in [0.25, 0.3) is 0 Å². The van der Waals surface area contributed by atoms with Crippen LogP contribution in [0, 0.1) is 11.7 Å². The number of rotatable bonds is 3. The third-order valence-corrected chi connectivity index (χ3v) is 3.97. The number of halogens is 1. The number of benzene rings is 1. The predicted octanol–water partition coefficient (Wildman–Crippen LogP) is 2.98. The molecule has 0 spiro atoms. The highest BCUT2D eigenvalue weighted by molar-refractivity contribution is 5.93. The van der Waals surface area contributed by atoms with Crippen LogP contribution in [-0.4, -0.2) is 22.6 Å². The minimum atomic E-state index is -1.23. The summed E-state index contributed by atoms with van der Waals surface area (Å²) in [6.07, 6.45) is 2.32. The van der Waals surface area contributed by atoms with E-state index in [1.54, 1.807) is 6.07 Å². The summed E-state index contributed by atoms with van der Waals surface area (Å²) in [7, 11) is 0. The van der Waals surface area contributed by atoms with E-state index in [2.05, 4.69) is 17.6 Å². The molecule has 1 aliphatic rings. The highest BCUT2D eigenvalue weighted by Crippen LogP contribution is 2.32. The highest BCUT2D eigenvalue weighted by atomic mass is 19.1. The summed E-state index contributed by atoms with van der Waals surface area (Å²) < 4.78 is 13.1. The molecule has 5 nitrogen and oxygen atoms in total. The van der Waals surface area contributed by atoms with Gasteiger partial charge in [-0.15, -0.1) is 0 Å². The van der Waals surface area contributed by atoms with Crippen molar-refractivity contribution >= 4 is 17.7 Å². The molecular weight excluding hydrogens is 275 g/mol. The van der Waals surface area contributed by atoms with E-state index in [-0.39, 0.29) is 5.69 Å². The fraction of sp³-hybridized carbons (Fsp3) is 0.467. The Bertz CT molecular complexity index is 539. The van der Waals surface area contributed by atoms with Gasteiger partial charge in [-0.3, -0.25) is 0 Å². The van der Waals surface area contributed by atoms with Crippen LogP contribution in [0.4, 0.5) is 14.9 Å². The Labute approximate surface area is 122 Å². The Morgan fingerprint density at radius 1 is 1.33 bits per heavy atom. The summed E-state index contributed by atoms with van der Waals surface area (Å²) in [5.41, 5.74) is -0.943. The molecule has 0 atom stereocenters. The molecule has 2 amide bonds. The van der Waals surface area contributed by atoms with E-state index in [0.717, 1.165) is 12.8 Å². The highest BCUT2D eigenvalue weighted by Gasteiger charge is 2.42. The van der Waals surface area contributed by atoms with E-state index in [1.165, 1.54) is 18.2 Å². The van der Waals surface area contributed by atoms with E-state index in [9.17, 15) is 19.1 Å². The Morgan fingerprint density at radius 3 is 2.57 bits per heavy atom. The Balaban J connectivity index is 2.04. The summed E-state index contributed by atoms with van der Waals surface area (Å²) in [6.45, 7) is 2.07. The number of hydrogen-bond donors (Lipinski definition) is 3. The standard InChI is InChI=1S/C15H19FN2O3/c1-10-5-7-15(8-6-10,13(19)20)18-14(21)17-12-4-2-3-11(16)9-12/h2-4,9-10H,5-8H2,1H3,(H,19,20)(H2,17,18,21). The molecule has 0 aliphatic heterocycles. The minimum absolute atomic E-state index is 0.289. The molecule has 1 aromatic rings. The second-order valence-electron chi connectivity index (χ2n) is 5.66. The summed E-state index contributed by atoms with van der Waals surface area (Å²) in [4.78, 5) is 23.5. The molecule has 3 N–H and O–H groups in total. The number of carboxylic acid groups (broad SMARTS) is 1. The van der Waals surface area contributed by atoms with Gasteiger partial charge in [0.2, 0.25) is 0 Å². The lowest BCUT2D eigenvalue weighted by Gasteiger charge is -2.36. The zero-order valence-electron chi connectivity index (χ0n) is 11.9. The van der Waals surface area contributed by atoms with E-state index in [1.807, 2.05) is 0 Å². The molecular formula is C15H19FN2O3. The molecule has 0 bridgehead atoms. The summed E-state index contributed by atoms with van der Waals surface area (Å²) in [5.74, 6) is -1.03. The Kier molecular flexibility index (Phi) is 4.45. The normalized spacial score (nSPS) is 25.1. The second kappa shape index (κ2) is 6.11. The molecule has 6 heteroatoms. The van der Waals surface area contributed by atoms with Crippen molar-refractivity contribution in [2.45, 2.75) is 38.1 Å². The van der Waals surface area contributed by atoms with Gasteiger partial charge in [-0.2, -0.15) is 0 Å². The van der Waals surface area contributed by atoms with Gasteiger partial charge in [0.25, 0.3) is 0 Å². The second-order valence-corrected chi connectivity index (χ2v) is 5.66. The van der Waals surface area contributed by atoms with Crippen molar-refractivity contribution in [2.24, 2.45) is 5.92 Å². The van der Waals surface area contributed by atoms with E-state index in [0.29, 0.717) is 18.8 Å². The van der Waals surface area contributed by atoms with Crippen LogP contribution in [0.2, 0.25) is 0 Å². The van der Waals surface area contributed by atoms with Crippen LogP contribution in [0.3, 0.4) is 0 Å². The molecule has 1 fully saturated rings. The summed E-state index contributed by atoms with van der Waals surface area (Å²) >= 11 is 0. The van der Waals surface area contributed by atoms with Crippen molar-refractivity contribution in [3.8, 4) is 0 Å². The largest absolute Gasteiger partial charge is 0.480 e. The summed E-state index contributed by atoms with van der Waals surface area (Å²) in [5, 5.41) is 14.4. The Hall–Kier alpha value is -2.11. The average molecular weight is 294 g/mol. The SMILES string of the molecule is CC1CCC(NC(=O)Nc2cccc(F)c2)(C(=O)O)CC1. The van der Waals surface area contributed by atoms with E-state index < -0.39 is 23.4 Å². The monoisotopic (exact) mass is 294 g/mol. The minimum Gasteiger partial charge on any atom is -0.480 e. The number of amides is 2. The first-order valence-electron chi connectivity index (χ1n) is 6.99. The van der Waals surface area contributed by atoms with Crippen LogP contribution in [0.1, 0.15) is 32.6 Å².